The molecule has 0 spiro atoms. The largest absolute Gasteiger partial charge is 0.465 e. The molecule has 1 aromatic carbocycles. The molecule has 0 unspecified atom stereocenters. The summed E-state index contributed by atoms with van der Waals surface area (Å²) in [5.74, 6) is 0.384. The average molecular weight is 258 g/mol. The van der Waals surface area contributed by atoms with Crippen molar-refractivity contribution in [2.75, 3.05) is 12.3 Å². The van der Waals surface area contributed by atoms with Crippen LogP contribution in [0.5, 0.6) is 0 Å². The Morgan fingerprint density at radius 3 is 2.41 bits per heavy atom. The van der Waals surface area contributed by atoms with Crippen LogP contribution in [-0.4, -0.2) is 12.6 Å². The van der Waals surface area contributed by atoms with Crippen molar-refractivity contribution < 1.29 is 9.53 Å². The van der Waals surface area contributed by atoms with Crippen LogP contribution in [0.25, 0.3) is 0 Å². The Morgan fingerprint density at radius 2 is 1.88 bits per heavy atom. The van der Waals surface area contributed by atoms with E-state index in [2.05, 4.69) is 13.8 Å². The molecular weight excluding hydrogens is 238 g/mol. The SMILES string of the molecule is CC(C)CCOC(=O)Cc1ccc(N)cc1.Cl. The van der Waals surface area contributed by atoms with Crippen LogP contribution in [0.15, 0.2) is 24.3 Å². The molecule has 96 valence electrons. The first-order valence-corrected chi connectivity index (χ1v) is 5.58. The fourth-order valence-electron chi connectivity index (χ4n) is 1.26. The summed E-state index contributed by atoms with van der Waals surface area (Å²) in [6.45, 7) is 4.72. The third-order valence-electron chi connectivity index (χ3n) is 2.29. The maximum Gasteiger partial charge on any atom is 0.310 e. The summed E-state index contributed by atoms with van der Waals surface area (Å²) in [5.41, 5.74) is 7.19. The van der Waals surface area contributed by atoms with Crippen molar-refractivity contribution in [3.05, 3.63) is 29.8 Å². The van der Waals surface area contributed by atoms with Crippen LogP contribution >= 0.6 is 12.4 Å². The zero-order valence-corrected chi connectivity index (χ0v) is 11.1. The molecule has 0 aliphatic heterocycles. The summed E-state index contributed by atoms with van der Waals surface area (Å²) >= 11 is 0. The molecule has 0 fully saturated rings. The van der Waals surface area contributed by atoms with E-state index >= 15 is 0 Å². The molecule has 0 atom stereocenters. The molecule has 17 heavy (non-hydrogen) atoms. The minimum atomic E-state index is -0.176. The number of ether oxygens (including phenoxy) is 1. The molecule has 0 bridgehead atoms. The number of esters is 1. The molecule has 0 heterocycles. The van der Waals surface area contributed by atoms with Gasteiger partial charge in [0.2, 0.25) is 0 Å². The number of nitrogen functional groups attached to an aromatic ring is 1. The molecule has 1 aromatic rings. The first-order valence-electron chi connectivity index (χ1n) is 5.58. The van der Waals surface area contributed by atoms with E-state index in [4.69, 9.17) is 10.5 Å². The predicted octanol–water partition coefficient (Wildman–Crippen LogP) is 2.82. The third kappa shape index (κ3) is 6.84. The second-order valence-electron chi connectivity index (χ2n) is 4.32. The minimum Gasteiger partial charge on any atom is -0.465 e. The van der Waals surface area contributed by atoms with Gasteiger partial charge in [-0.15, -0.1) is 12.4 Å². The Hall–Kier alpha value is -1.22. The number of rotatable bonds is 5. The van der Waals surface area contributed by atoms with E-state index in [1.54, 1.807) is 12.1 Å². The Balaban J connectivity index is 0.00000256. The number of nitrogens with two attached hydrogens (primary N) is 1. The Labute approximate surface area is 109 Å². The normalized spacial score (nSPS) is 9.82. The molecule has 0 saturated carbocycles. The maximum absolute atomic E-state index is 11.4. The van der Waals surface area contributed by atoms with E-state index in [9.17, 15) is 4.79 Å². The van der Waals surface area contributed by atoms with E-state index in [0.717, 1.165) is 12.0 Å². The number of anilines is 1. The summed E-state index contributed by atoms with van der Waals surface area (Å²) < 4.78 is 5.12. The van der Waals surface area contributed by atoms with Gasteiger partial charge in [0.25, 0.3) is 0 Å². The lowest BCUT2D eigenvalue weighted by Crippen LogP contribution is -2.10. The zero-order valence-electron chi connectivity index (χ0n) is 10.3. The zero-order chi connectivity index (χ0) is 12.0. The van der Waals surface area contributed by atoms with Crippen molar-refractivity contribution in [3.63, 3.8) is 0 Å². The van der Waals surface area contributed by atoms with Gasteiger partial charge in [0.1, 0.15) is 0 Å². The molecule has 0 amide bonds. The monoisotopic (exact) mass is 257 g/mol. The lowest BCUT2D eigenvalue weighted by atomic mass is 10.1. The number of carbonyl (C=O) groups is 1. The predicted molar refractivity (Wildman–Crippen MR) is 72.2 cm³/mol. The van der Waals surface area contributed by atoms with Crippen molar-refractivity contribution in [2.45, 2.75) is 26.7 Å². The Morgan fingerprint density at radius 1 is 1.29 bits per heavy atom. The quantitative estimate of drug-likeness (QED) is 0.652. The highest BCUT2D eigenvalue weighted by Gasteiger charge is 2.05. The van der Waals surface area contributed by atoms with Gasteiger partial charge in [0.05, 0.1) is 13.0 Å². The Kier molecular flexibility index (Phi) is 7.39. The summed E-state index contributed by atoms with van der Waals surface area (Å²) in [7, 11) is 0. The maximum atomic E-state index is 11.4. The van der Waals surface area contributed by atoms with Gasteiger partial charge in [-0.1, -0.05) is 26.0 Å². The van der Waals surface area contributed by atoms with Crippen molar-refractivity contribution in [3.8, 4) is 0 Å². The Bertz CT molecular complexity index is 336. The third-order valence-corrected chi connectivity index (χ3v) is 2.29. The van der Waals surface area contributed by atoms with Crippen LogP contribution in [-0.2, 0) is 16.0 Å². The summed E-state index contributed by atoms with van der Waals surface area (Å²) in [6.07, 6.45) is 1.23. The van der Waals surface area contributed by atoms with Gasteiger partial charge in [0, 0.05) is 5.69 Å². The molecule has 0 radical (unpaired) electrons. The number of benzene rings is 1. The van der Waals surface area contributed by atoms with E-state index < -0.39 is 0 Å². The molecule has 0 aliphatic rings. The number of hydrogen-bond donors (Lipinski definition) is 1. The lowest BCUT2D eigenvalue weighted by Gasteiger charge is -2.06. The molecule has 1 rings (SSSR count). The molecule has 4 heteroatoms. The topological polar surface area (TPSA) is 52.3 Å². The smallest absolute Gasteiger partial charge is 0.310 e. The molecule has 3 nitrogen and oxygen atoms in total. The van der Waals surface area contributed by atoms with Gasteiger partial charge in [0.15, 0.2) is 0 Å². The molecule has 0 aliphatic carbocycles. The highest BCUT2D eigenvalue weighted by Crippen LogP contribution is 2.07. The van der Waals surface area contributed by atoms with Gasteiger partial charge in [-0.2, -0.15) is 0 Å². The van der Waals surface area contributed by atoms with E-state index in [1.807, 2.05) is 12.1 Å². The lowest BCUT2D eigenvalue weighted by molar-refractivity contribution is -0.143. The van der Waals surface area contributed by atoms with Crippen LogP contribution in [0.3, 0.4) is 0 Å². The number of halogens is 1. The number of carbonyl (C=O) groups excluding carboxylic acids is 1. The second-order valence-corrected chi connectivity index (χ2v) is 4.32. The molecule has 0 saturated heterocycles. The second kappa shape index (κ2) is 7.96. The fourth-order valence-corrected chi connectivity index (χ4v) is 1.26. The summed E-state index contributed by atoms with van der Waals surface area (Å²) in [4.78, 5) is 11.4. The summed E-state index contributed by atoms with van der Waals surface area (Å²) in [6, 6.07) is 7.27. The van der Waals surface area contributed by atoms with Crippen LogP contribution in [0.4, 0.5) is 5.69 Å². The first-order chi connectivity index (χ1) is 7.58. The highest BCUT2D eigenvalue weighted by atomic mass is 35.5. The van der Waals surface area contributed by atoms with Gasteiger partial charge in [-0.3, -0.25) is 4.79 Å². The van der Waals surface area contributed by atoms with Crippen LogP contribution in [0.1, 0.15) is 25.8 Å². The van der Waals surface area contributed by atoms with Gasteiger partial charge in [-0.25, -0.2) is 0 Å². The number of hydrogen-bond acceptors (Lipinski definition) is 3. The van der Waals surface area contributed by atoms with Crippen LogP contribution in [0.2, 0.25) is 0 Å². The molecule has 2 N–H and O–H groups in total. The van der Waals surface area contributed by atoms with Crippen LogP contribution < -0.4 is 5.73 Å². The van der Waals surface area contributed by atoms with Gasteiger partial charge < -0.3 is 10.5 Å². The van der Waals surface area contributed by atoms with Crippen molar-refractivity contribution in [2.24, 2.45) is 5.92 Å². The van der Waals surface area contributed by atoms with E-state index in [-0.39, 0.29) is 18.4 Å². The van der Waals surface area contributed by atoms with E-state index in [0.29, 0.717) is 24.6 Å². The average Bonchev–Trinajstić information content (AvgIpc) is 2.21. The van der Waals surface area contributed by atoms with E-state index in [1.165, 1.54) is 0 Å². The van der Waals surface area contributed by atoms with Crippen molar-refractivity contribution in [1.29, 1.82) is 0 Å². The standard InChI is InChI=1S/C13H19NO2.ClH/c1-10(2)7-8-16-13(15)9-11-3-5-12(14)6-4-11;/h3-6,10H,7-9,14H2,1-2H3;1H. The highest BCUT2D eigenvalue weighted by molar-refractivity contribution is 5.85. The van der Waals surface area contributed by atoms with Gasteiger partial charge in [-0.05, 0) is 30.0 Å². The van der Waals surface area contributed by atoms with Crippen molar-refractivity contribution >= 4 is 24.1 Å². The van der Waals surface area contributed by atoms with Crippen LogP contribution in [0, 0.1) is 5.92 Å². The fraction of sp³-hybridized carbons (Fsp3) is 0.462. The van der Waals surface area contributed by atoms with Crippen molar-refractivity contribution in [1.82, 2.24) is 0 Å². The van der Waals surface area contributed by atoms with Gasteiger partial charge >= 0.3 is 5.97 Å². The first kappa shape index (κ1) is 15.8. The minimum absolute atomic E-state index is 0. The molecular formula is C13H20ClNO2. The molecule has 0 aromatic heterocycles. The summed E-state index contributed by atoms with van der Waals surface area (Å²) in [5, 5.41) is 0.